The van der Waals surface area contributed by atoms with E-state index in [-0.39, 0.29) is 18.1 Å². The lowest BCUT2D eigenvalue weighted by molar-refractivity contribution is 0.0213. The quantitative estimate of drug-likeness (QED) is 0.332. The van der Waals surface area contributed by atoms with Crippen LogP contribution in [0.15, 0.2) is 5.29 Å². The third-order valence-corrected chi connectivity index (χ3v) is 5.48. The summed E-state index contributed by atoms with van der Waals surface area (Å²) in [6.45, 7) is 4.83. The fourth-order valence-electron chi connectivity index (χ4n) is 1.56. The first-order valence-corrected chi connectivity index (χ1v) is 7.43. The van der Waals surface area contributed by atoms with E-state index in [0.29, 0.717) is 13.2 Å². The average molecular weight is 270 g/mol. The number of alkyl halides is 1. The normalized spacial score (nSPS) is 27.0. The van der Waals surface area contributed by atoms with Gasteiger partial charge in [0.1, 0.15) is 0 Å². The van der Waals surface area contributed by atoms with Gasteiger partial charge in [0, 0.05) is 18.1 Å². The van der Waals surface area contributed by atoms with Crippen molar-refractivity contribution in [3.63, 3.8) is 0 Å². The average Bonchev–Trinajstić information content (AvgIpc) is 2.27. The first-order chi connectivity index (χ1) is 7.56. The van der Waals surface area contributed by atoms with Crippen molar-refractivity contribution in [2.75, 3.05) is 25.6 Å². The van der Waals surface area contributed by atoms with E-state index in [1.54, 1.807) is 0 Å². The molecule has 6 nitrogen and oxygen atoms in total. The molecule has 1 unspecified atom stereocenters. The second-order valence-corrected chi connectivity index (χ2v) is 7.07. The Bertz CT molecular complexity index is 290. The van der Waals surface area contributed by atoms with E-state index in [2.05, 4.69) is 5.29 Å². The van der Waals surface area contributed by atoms with Crippen molar-refractivity contribution in [1.82, 2.24) is 9.90 Å². The molecule has 1 saturated heterocycles. The number of nitrogens with zero attached hydrogens (tertiary/aromatic N) is 3. The van der Waals surface area contributed by atoms with E-state index >= 15 is 0 Å². The van der Waals surface area contributed by atoms with E-state index in [1.807, 2.05) is 13.8 Å². The van der Waals surface area contributed by atoms with Gasteiger partial charge in [-0.1, -0.05) is 13.8 Å². The second-order valence-electron chi connectivity index (χ2n) is 3.81. The van der Waals surface area contributed by atoms with Gasteiger partial charge < -0.3 is 4.52 Å². The highest BCUT2D eigenvalue weighted by Crippen LogP contribution is 2.57. The molecule has 0 radical (unpaired) electrons. The third kappa shape index (κ3) is 2.74. The lowest BCUT2D eigenvalue weighted by Crippen LogP contribution is -2.43. The predicted molar refractivity (Wildman–Crippen MR) is 63.2 cm³/mol. The van der Waals surface area contributed by atoms with Crippen molar-refractivity contribution in [2.24, 2.45) is 5.29 Å². The summed E-state index contributed by atoms with van der Waals surface area (Å²) in [5.74, 6) is 0.250. The molecule has 1 aliphatic heterocycles. The van der Waals surface area contributed by atoms with Gasteiger partial charge in [-0.2, -0.15) is 5.12 Å². The molecule has 1 rings (SSSR count). The summed E-state index contributed by atoms with van der Waals surface area (Å²) in [6, 6.07) is 0. The van der Waals surface area contributed by atoms with Crippen LogP contribution in [-0.4, -0.2) is 41.1 Å². The molecule has 16 heavy (non-hydrogen) atoms. The summed E-state index contributed by atoms with van der Waals surface area (Å²) >= 11 is 5.57. The number of hydrogen-bond acceptors (Lipinski definition) is 4. The molecule has 0 saturated carbocycles. The minimum absolute atomic E-state index is 0.174. The zero-order valence-corrected chi connectivity index (χ0v) is 11.2. The minimum Gasteiger partial charge on any atom is -0.316 e. The van der Waals surface area contributed by atoms with Gasteiger partial charge in [0.15, 0.2) is 0 Å². The molecule has 1 heterocycles. The van der Waals surface area contributed by atoms with E-state index in [1.165, 1.54) is 4.78 Å². The number of halogens is 1. The molecule has 0 aromatic carbocycles. The second kappa shape index (κ2) is 5.96. The molecular formula is C8H17ClN3O3P. The van der Waals surface area contributed by atoms with Crippen LogP contribution in [0.4, 0.5) is 0 Å². The van der Waals surface area contributed by atoms with Crippen LogP contribution in [0.3, 0.4) is 0 Å². The highest BCUT2D eigenvalue weighted by atomic mass is 35.5. The molecule has 0 aliphatic carbocycles. The zero-order valence-electron chi connectivity index (χ0n) is 9.50. The van der Waals surface area contributed by atoms with Crippen molar-refractivity contribution in [3.8, 4) is 0 Å². The molecule has 0 aromatic rings. The summed E-state index contributed by atoms with van der Waals surface area (Å²) in [5.41, 5.74) is -0.174. The molecule has 0 amide bonds. The van der Waals surface area contributed by atoms with Crippen LogP contribution in [0.5, 0.6) is 0 Å². The van der Waals surface area contributed by atoms with Crippen LogP contribution in [0.25, 0.3) is 0 Å². The lowest BCUT2D eigenvalue weighted by atomic mass is 10.5. The maximum absolute atomic E-state index is 12.6. The maximum Gasteiger partial charge on any atom is 0.293 e. The molecule has 8 heteroatoms. The molecule has 1 aliphatic rings. The summed E-state index contributed by atoms with van der Waals surface area (Å²) in [6.07, 6.45) is 0.727. The van der Waals surface area contributed by atoms with Crippen LogP contribution < -0.4 is 0 Å². The Morgan fingerprint density at radius 3 is 2.81 bits per heavy atom. The number of rotatable bonds is 5. The molecule has 1 fully saturated rings. The third-order valence-electron chi connectivity index (χ3n) is 2.40. The fraction of sp³-hybridized carbons (Fsp3) is 1.00. The van der Waals surface area contributed by atoms with Crippen molar-refractivity contribution >= 4 is 19.1 Å². The summed E-state index contributed by atoms with van der Waals surface area (Å²) in [4.78, 5) is 10.7. The Labute approximate surface area is 100 Å². The summed E-state index contributed by atoms with van der Waals surface area (Å²) in [7, 11) is -2.99. The first-order valence-electron chi connectivity index (χ1n) is 5.25. The van der Waals surface area contributed by atoms with E-state index < -0.39 is 7.52 Å². The van der Waals surface area contributed by atoms with Crippen LogP contribution in [-0.2, 0) is 9.09 Å². The molecule has 1 atom stereocenters. The number of hydrogen-bond donors (Lipinski definition) is 0. The smallest absolute Gasteiger partial charge is 0.293 e. The Balaban J connectivity index is 2.88. The fourth-order valence-corrected chi connectivity index (χ4v) is 3.89. The van der Waals surface area contributed by atoms with Gasteiger partial charge in [-0.3, -0.25) is 4.57 Å². The van der Waals surface area contributed by atoms with Gasteiger partial charge in [-0.25, -0.2) is 0 Å². The van der Waals surface area contributed by atoms with E-state index in [4.69, 9.17) is 16.1 Å². The van der Waals surface area contributed by atoms with Crippen molar-refractivity contribution in [1.29, 1.82) is 0 Å². The minimum atomic E-state index is -2.99. The number of nitroso groups, excluding NO2 is 1. The van der Waals surface area contributed by atoms with E-state index in [9.17, 15) is 9.47 Å². The van der Waals surface area contributed by atoms with Crippen molar-refractivity contribution in [2.45, 2.75) is 25.9 Å². The highest BCUT2D eigenvalue weighted by Gasteiger charge is 2.41. The van der Waals surface area contributed by atoms with Gasteiger partial charge in [0.2, 0.25) is 0 Å². The van der Waals surface area contributed by atoms with Crippen LogP contribution in [0.1, 0.15) is 20.3 Å². The zero-order chi connectivity index (χ0) is 12.2. The monoisotopic (exact) mass is 269 g/mol. The van der Waals surface area contributed by atoms with Gasteiger partial charge >= 0.3 is 0 Å². The Kier molecular flexibility index (Phi) is 5.18. The van der Waals surface area contributed by atoms with E-state index in [0.717, 1.165) is 11.5 Å². The highest BCUT2D eigenvalue weighted by molar-refractivity contribution is 7.57. The van der Waals surface area contributed by atoms with Crippen molar-refractivity contribution < 1.29 is 9.09 Å². The van der Waals surface area contributed by atoms with Crippen LogP contribution >= 0.6 is 19.1 Å². The number of hydrazine groups is 1. The largest absolute Gasteiger partial charge is 0.316 e. The molecular weight excluding hydrogens is 253 g/mol. The molecule has 0 N–H and O–H groups in total. The summed E-state index contributed by atoms with van der Waals surface area (Å²) in [5, 5.41) is 3.97. The molecule has 0 spiro atoms. The first kappa shape index (κ1) is 13.9. The molecule has 94 valence electrons. The lowest BCUT2D eigenvalue weighted by Gasteiger charge is -2.40. The van der Waals surface area contributed by atoms with Gasteiger partial charge in [-0.15, -0.1) is 21.3 Å². The Morgan fingerprint density at radius 1 is 1.62 bits per heavy atom. The van der Waals surface area contributed by atoms with Gasteiger partial charge in [0.25, 0.3) is 7.52 Å². The Hall–Kier alpha value is -0.160. The summed E-state index contributed by atoms with van der Waals surface area (Å²) < 4.78 is 19.4. The molecule has 0 aromatic heterocycles. The van der Waals surface area contributed by atoms with Crippen LogP contribution in [0.2, 0.25) is 0 Å². The molecule has 0 bridgehead atoms. The van der Waals surface area contributed by atoms with Gasteiger partial charge in [0.05, 0.1) is 18.4 Å². The predicted octanol–water partition coefficient (Wildman–Crippen LogP) is 2.45. The standard InChI is InChI=1S/C8H17ClN3O3P/c1-8(2)16(14)12(5-3-7-15-16)11(10-13)6-4-9/h8H,3-7H2,1-2H3. The van der Waals surface area contributed by atoms with Crippen LogP contribution in [0, 0.1) is 4.91 Å². The van der Waals surface area contributed by atoms with Crippen molar-refractivity contribution in [3.05, 3.63) is 4.91 Å². The van der Waals surface area contributed by atoms with Gasteiger partial charge in [-0.05, 0) is 6.42 Å². The SMILES string of the molecule is CC(C)P1(=O)OCCCN1N(CCCl)N=O. The topological polar surface area (TPSA) is 62.2 Å². The Morgan fingerprint density at radius 2 is 2.31 bits per heavy atom. The maximum atomic E-state index is 12.6.